The van der Waals surface area contributed by atoms with Gasteiger partial charge in [0.1, 0.15) is 5.76 Å². The first-order valence-corrected chi connectivity index (χ1v) is 11.0. The third-order valence-electron chi connectivity index (χ3n) is 5.27. The first-order valence-electron chi connectivity index (χ1n) is 10.2. The number of thiazole rings is 1. The van der Waals surface area contributed by atoms with Gasteiger partial charge in [0.05, 0.1) is 29.8 Å². The molecule has 0 saturated carbocycles. The Bertz CT molecular complexity index is 1270. The van der Waals surface area contributed by atoms with Gasteiger partial charge < -0.3 is 14.3 Å². The highest BCUT2D eigenvalue weighted by atomic mass is 32.1. The van der Waals surface area contributed by atoms with Gasteiger partial charge >= 0.3 is 0 Å². The molecule has 4 rings (SSSR count). The van der Waals surface area contributed by atoms with Crippen LogP contribution in [0.15, 0.2) is 64.0 Å². The van der Waals surface area contributed by atoms with Crippen LogP contribution in [0, 0.1) is 20.8 Å². The van der Waals surface area contributed by atoms with E-state index in [1.165, 1.54) is 17.4 Å². The van der Waals surface area contributed by atoms with Crippen LogP contribution in [0.25, 0.3) is 0 Å². The molecular weight excluding hydrogens is 424 g/mol. The molecule has 164 valence electrons. The van der Waals surface area contributed by atoms with Crippen LogP contribution in [0.5, 0.6) is 0 Å². The van der Waals surface area contributed by atoms with Gasteiger partial charge in [-0.2, -0.15) is 0 Å². The van der Waals surface area contributed by atoms with Crippen molar-refractivity contribution in [2.75, 3.05) is 10.6 Å². The SMILES string of the molecule is Cc1nc(NC(=O)c2c(NCc3ccccc3)cc(=O)n(Cc3ccco3)c2C)sc1C. The van der Waals surface area contributed by atoms with Crippen LogP contribution in [0.4, 0.5) is 10.8 Å². The Balaban J connectivity index is 1.71. The number of anilines is 2. The molecule has 0 atom stereocenters. The van der Waals surface area contributed by atoms with E-state index in [-0.39, 0.29) is 18.0 Å². The quantitative estimate of drug-likeness (QED) is 0.426. The summed E-state index contributed by atoms with van der Waals surface area (Å²) in [7, 11) is 0. The van der Waals surface area contributed by atoms with E-state index in [1.807, 2.05) is 44.2 Å². The lowest BCUT2D eigenvalue weighted by atomic mass is 10.1. The summed E-state index contributed by atoms with van der Waals surface area (Å²) >= 11 is 1.42. The lowest BCUT2D eigenvalue weighted by molar-refractivity contribution is 0.102. The third-order valence-corrected chi connectivity index (χ3v) is 6.25. The molecule has 8 heteroatoms. The van der Waals surface area contributed by atoms with Gasteiger partial charge in [-0.3, -0.25) is 14.9 Å². The van der Waals surface area contributed by atoms with Crippen molar-refractivity contribution >= 4 is 28.1 Å². The molecule has 3 aromatic heterocycles. The van der Waals surface area contributed by atoms with Crippen molar-refractivity contribution in [3.05, 3.63) is 98.3 Å². The number of nitrogens with one attached hydrogen (secondary N) is 2. The summed E-state index contributed by atoms with van der Waals surface area (Å²) in [6.45, 7) is 6.36. The summed E-state index contributed by atoms with van der Waals surface area (Å²) in [5, 5.41) is 6.69. The standard InChI is InChI=1S/C24H24N4O3S/c1-15-17(3)32-24(26-15)27-23(30)22-16(2)28(14-19-10-7-11-31-19)21(29)12-20(22)25-13-18-8-5-4-6-9-18/h4-12,25H,13-14H2,1-3H3,(H,26,27,30). The third kappa shape index (κ3) is 4.65. The number of carbonyl (C=O) groups is 1. The molecule has 0 aliphatic rings. The lowest BCUT2D eigenvalue weighted by Crippen LogP contribution is -2.28. The summed E-state index contributed by atoms with van der Waals surface area (Å²) in [5.41, 5.74) is 3.14. The van der Waals surface area contributed by atoms with Gasteiger partial charge in [-0.1, -0.05) is 30.3 Å². The van der Waals surface area contributed by atoms with Gasteiger partial charge in [-0.15, -0.1) is 11.3 Å². The highest BCUT2D eigenvalue weighted by molar-refractivity contribution is 7.15. The molecule has 0 fully saturated rings. The average molecular weight is 449 g/mol. The topological polar surface area (TPSA) is 89.2 Å². The van der Waals surface area contributed by atoms with Crippen molar-refractivity contribution in [2.24, 2.45) is 0 Å². The molecule has 0 spiro atoms. The van der Waals surface area contributed by atoms with Gasteiger partial charge in [-0.05, 0) is 38.5 Å². The second-order valence-corrected chi connectivity index (χ2v) is 8.68. The van der Waals surface area contributed by atoms with Gasteiger partial charge in [0, 0.05) is 23.2 Å². The number of furan rings is 1. The molecule has 7 nitrogen and oxygen atoms in total. The average Bonchev–Trinajstić information content (AvgIpc) is 3.39. The van der Waals surface area contributed by atoms with Crippen LogP contribution >= 0.6 is 11.3 Å². The number of pyridine rings is 1. The number of aryl methyl sites for hydroxylation is 2. The maximum atomic E-state index is 13.3. The van der Waals surface area contributed by atoms with E-state index in [2.05, 4.69) is 15.6 Å². The molecule has 3 heterocycles. The summed E-state index contributed by atoms with van der Waals surface area (Å²) in [6.07, 6.45) is 1.56. The minimum absolute atomic E-state index is 0.216. The predicted octanol–water partition coefficient (Wildman–Crippen LogP) is 4.74. The highest BCUT2D eigenvalue weighted by Gasteiger charge is 2.21. The Kier molecular flexibility index (Phi) is 6.23. The zero-order valence-corrected chi connectivity index (χ0v) is 19.0. The molecular formula is C24H24N4O3S. The van der Waals surface area contributed by atoms with Crippen LogP contribution in [0.2, 0.25) is 0 Å². The number of carbonyl (C=O) groups excluding carboxylic acids is 1. The minimum atomic E-state index is -0.319. The summed E-state index contributed by atoms with van der Waals surface area (Å²) in [4.78, 5) is 31.7. The van der Waals surface area contributed by atoms with E-state index in [0.717, 1.165) is 16.1 Å². The smallest absolute Gasteiger partial charge is 0.261 e. The largest absolute Gasteiger partial charge is 0.467 e. The fourth-order valence-corrected chi connectivity index (χ4v) is 4.24. The molecule has 1 amide bonds. The molecule has 32 heavy (non-hydrogen) atoms. The van der Waals surface area contributed by atoms with Crippen molar-refractivity contribution < 1.29 is 9.21 Å². The molecule has 1 aromatic carbocycles. The molecule has 4 aromatic rings. The second-order valence-electron chi connectivity index (χ2n) is 7.48. The Morgan fingerprint density at radius 3 is 2.56 bits per heavy atom. The molecule has 0 radical (unpaired) electrons. The second kappa shape index (κ2) is 9.23. The number of aromatic nitrogens is 2. The number of hydrogen-bond donors (Lipinski definition) is 2. The zero-order valence-electron chi connectivity index (χ0n) is 18.1. The zero-order chi connectivity index (χ0) is 22.7. The van der Waals surface area contributed by atoms with E-state index in [4.69, 9.17) is 4.42 Å². The monoisotopic (exact) mass is 448 g/mol. The van der Waals surface area contributed by atoms with E-state index >= 15 is 0 Å². The fraction of sp³-hybridized carbons (Fsp3) is 0.208. The molecule has 0 bridgehead atoms. The summed E-state index contributed by atoms with van der Waals surface area (Å²) in [5.74, 6) is 0.317. The normalized spacial score (nSPS) is 10.8. The van der Waals surface area contributed by atoms with Crippen LogP contribution in [0.1, 0.15) is 37.9 Å². The van der Waals surface area contributed by atoms with Crippen LogP contribution in [-0.2, 0) is 13.1 Å². The van der Waals surface area contributed by atoms with Crippen molar-refractivity contribution in [3.8, 4) is 0 Å². The molecule has 0 aliphatic heterocycles. The molecule has 2 N–H and O–H groups in total. The maximum absolute atomic E-state index is 13.3. The number of hydrogen-bond acceptors (Lipinski definition) is 6. The van der Waals surface area contributed by atoms with Crippen LogP contribution in [0.3, 0.4) is 0 Å². The first-order chi connectivity index (χ1) is 15.4. The highest BCUT2D eigenvalue weighted by Crippen LogP contribution is 2.25. The number of rotatable bonds is 7. The molecule has 0 aliphatic carbocycles. The van der Waals surface area contributed by atoms with Crippen LogP contribution < -0.4 is 16.2 Å². The Morgan fingerprint density at radius 1 is 1.12 bits per heavy atom. The van der Waals surface area contributed by atoms with E-state index < -0.39 is 0 Å². The van der Waals surface area contributed by atoms with E-state index in [1.54, 1.807) is 29.9 Å². The maximum Gasteiger partial charge on any atom is 0.261 e. The van der Waals surface area contributed by atoms with Crippen molar-refractivity contribution in [2.45, 2.75) is 33.9 Å². The van der Waals surface area contributed by atoms with Gasteiger partial charge in [-0.25, -0.2) is 4.98 Å². The molecule has 0 unspecified atom stereocenters. The Hall–Kier alpha value is -3.65. The van der Waals surface area contributed by atoms with Crippen molar-refractivity contribution in [1.82, 2.24) is 9.55 Å². The number of benzene rings is 1. The lowest BCUT2D eigenvalue weighted by Gasteiger charge is -2.18. The Morgan fingerprint density at radius 2 is 1.91 bits per heavy atom. The number of amides is 1. The first kappa shape index (κ1) is 21.6. The summed E-state index contributed by atoms with van der Waals surface area (Å²) in [6, 6.07) is 14.8. The summed E-state index contributed by atoms with van der Waals surface area (Å²) < 4.78 is 6.95. The van der Waals surface area contributed by atoms with Crippen molar-refractivity contribution in [1.29, 1.82) is 0 Å². The minimum Gasteiger partial charge on any atom is -0.467 e. The van der Waals surface area contributed by atoms with Crippen LogP contribution in [-0.4, -0.2) is 15.5 Å². The molecule has 0 saturated heterocycles. The van der Waals surface area contributed by atoms with Gasteiger partial charge in [0.15, 0.2) is 5.13 Å². The van der Waals surface area contributed by atoms with E-state index in [9.17, 15) is 9.59 Å². The number of nitrogens with zero attached hydrogens (tertiary/aromatic N) is 2. The fourth-order valence-electron chi connectivity index (χ4n) is 3.43. The Labute approximate surface area is 189 Å². The van der Waals surface area contributed by atoms with E-state index in [0.29, 0.717) is 34.4 Å². The van der Waals surface area contributed by atoms with Gasteiger partial charge in [0.25, 0.3) is 11.5 Å². The predicted molar refractivity (Wildman–Crippen MR) is 127 cm³/mol. The van der Waals surface area contributed by atoms with Gasteiger partial charge in [0.2, 0.25) is 0 Å². The van der Waals surface area contributed by atoms with Crippen molar-refractivity contribution in [3.63, 3.8) is 0 Å².